The van der Waals surface area contributed by atoms with Crippen LogP contribution in [0.4, 0.5) is 0 Å². The van der Waals surface area contributed by atoms with Crippen molar-refractivity contribution in [2.24, 2.45) is 17.8 Å². The van der Waals surface area contributed by atoms with Crippen LogP contribution in [0.25, 0.3) is 0 Å². The van der Waals surface area contributed by atoms with E-state index in [4.69, 9.17) is 18.9 Å². The van der Waals surface area contributed by atoms with Crippen molar-refractivity contribution >= 4 is 5.78 Å². The van der Waals surface area contributed by atoms with E-state index in [9.17, 15) is 20.1 Å². The standard InChI is InChI=1S/C34H48O8/c1-6-7-8-9-10-11-12-13-14-15-16-17-32-40-27-25-28-31(20-35,39-28)29(37)33(38)24(18-22(4)26(33)36)34(25,42-32)23(5)19-30(27,41-32)21(2)3/h14-18,23-25,27-29,35,37-38H,2,6-13,19-20H2,1,3-5H3/b15-14+,17-16+/t23-,24-,25-,27-,28+,29-,30-,31+,32+,33-,34+/m1/s1. The van der Waals surface area contributed by atoms with Gasteiger partial charge in [-0.2, -0.15) is 0 Å². The monoisotopic (exact) mass is 584 g/mol. The molecule has 2 saturated carbocycles. The summed E-state index contributed by atoms with van der Waals surface area (Å²) in [5.74, 6) is -3.80. The van der Waals surface area contributed by atoms with Crippen LogP contribution in [0.15, 0.2) is 48.1 Å². The molecule has 3 saturated heterocycles. The van der Waals surface area contributed by atoms with E-state index < -0.39 is 70.9 Å². The molecule has 0 unspecified atom stereocenters. The maximum absolute atomic E-state index is 13.5. The molecular formula is C34H48O8. The smallest absolute Gasteiger partial charge is 0.306 e. The number of epoxide rings is 1. The third kappa shape index (κ3) is 3.95. The largest absolute Gasteiger partial charge is 0.393 e. The lowest BCUT2D eigenvalue weighted by atomic mass is 9.54. The Kier molecular flexibility index (Phi) is 7.57. The summed E-state index contributed by atoms with van der Waals surface area (Å²) in [6, 6.07) is 0. The number of hydrogen-bond acceptors (Lipinski definition) is 8. The molecule has 0 amide bonds. The number of ether oxygens (including phenoxy) is 4. The van der Waals surface area contributed by atoms with Gasteiger partial charge in [0.25, 0.3) is 0 Å². The van der Waals surface area contributed by atoms with E-state index in [2.05, 4.69) is 19.6 Å². The number of ketones is 1. The molecule has 0 aromatic carbocycles. The van der Waals surface area contributed by atoms with Gasteiger partial charge in [0.2, 0.25) is 0 Å². The number of aliphatic hydroxyl groups excluding tert-OH is 2. The Morgan fingerprint density at radius 1 is 1.10 bits per heavy atom. The molecule has 6 aliphatic rings. The summed E-state index contributed by atoms with van der Waals surface area (Å²) >= 11 is 0. The highest BCUT2D eigenvalue weighted by atomic mass is 16.9. The summed E-state index contributed by atoms with van der Waals surface area (Å²) in [6.07, 6.45) is 16.9. The number of unbranched alkanes of at least 4 members (excludes halogenated alkanes) is 7. The quantitative estimate of drug-likeness (QED) is 0.134. The highest BCUT2D eigenvalue weighted by Crippen LogP contribution is 2.72. The summed E-state index contributed by atoms with van der Waals surface area (Å²) in [5.41, 5.74) is -4.66. The fourth-order valence-corrected chi connectivity index (χ4v) is 8.98. The Hall–Kier alpha value is -1.65. The van der Waals surface area contributed by atoms with Gasteiger partial charge in [0.05, 0.1) is 12.2 Å². The van der Waals surface area contributed by atoms with Gasteiger partial charge in [-0.05, 0) is 50.2 Å². The SMILES string of the molecule is C=C(C)[C@]12C[C@@H](C)[C@@]34O[C@@](/C=C/C=C/CCCCCCCCC)(O[C@@H]1[C@@H]3[C@@H]1O[C@]1(CO)[C@@H](O)[C@]1(O)C(=O)C(C)=C[C@H]14)O2. The second kappa shape index (κ2) is 10.5. The van der Waals surface area contributed by atoms with Crippen molar-refractivity contribution in [2.75, 3.05) is 6.61 Å². The molecule has 3 bridgehead atoms. The molecule has 0 aromatic heterocycles. The number of hydrogen-bond donors (Lipinski definition) is 3. The number of carbonyl (C=O) groups is 1. The average Bonchev–Trinajstić information content (AvgIpc) is 3.60. The number of carbonyl (C=O) groups excluding carboxylic acids is 1. The van der Waals surface area contributed by atoms with Gasteiger partial charge < -0.3 is 34.3 Å². The molecule has 6 rings (SSSR count). The van der Waals surface area contributed by atoms with E-state index in [-0.39, 0.29) is 5.92 Å². The minimum atomic E-state index is -2.22. The van der Waals surface area contributed by atoms with Gasteiger partial charge >= 0.3 is 5.97 Å². The lowest BCUT2D eigenvalue weighted by Crippen LogP contribution is -2.72. The van der Waals surface area contributed by atoms with Gasteiger partial charge in [-0.25, -0.2) is 0 Å². The first kappa shape index (κ1) is 30.4. The number of aliphatic hydroxyl groups is 3. The van der Waals surface area contributed by atoms with Crippen LogP contribution in [-0.4, -0.2) is 74.4 Å². The summed E-state index contributed by atoms with van der Waals surface area (Å²) < 4.78 is 26.5. The number of allylic oxidation sites excluding steroid dienone is 3. The van der Waals surface area contributed by atoms with Gasteiger partial charge in [-0.15, -0.1) is 0 Å². The van der Waals surface area contributed by atoms with Crippen LogP contribution in [0.5, 0.6) is 0 Å². The highest BCUT2D eigenvalue weighted by molar-refractivity contribution is 6.05. The molecule has 8 nitrogen and oxygen atoms in total. The molecule has 3 aliphatic heterocycles. The summed E-state index contributed by atoms with van der Waals surface area (Å²) in [7, 11) is 0. The van der Waals surface area contributed by atoms with Crippen LogP contribution in [0, 0.1) is 17.8 Å². The Balaban J connectivity index is 1.31. The molecule has 3 aliphatic carbocycles. The molecule has 11 atom stereocenters. The summed E-state index contributed by atoms with van der Waals surface area (Å²) in [4.78, 5) is 13.5. The third-order valence-corrected chi connectivity index (χ3v) is 11.2. The lowest BCUT2D eigenvalue weighted by molar-refractivity contribution is -0.406. The van der Waals surface area contributed by atoms with Gasteiger partial charge in [0, 0.05) is 17.9 Å². The predicted octanol–water partition coefficient (Wildman–Crippen LogP) is 4.43. The molecule has 232 valence electrons. The molecule has 0 spiro atoms. The van der Waals surface area contributed by atoms with Crippen LogP contribution >= 0.6 is 0 Å². The molecule has 5 fully saturated rings. The minimum absolute atomic E-state index is 0.236. The molecule has 8 heteroatoms. The van der Waals surface area contributed by atoms with E-state index in [1.165, 1.54) is 38.5 Å². The Bertz CT molecular complexity index is 1210. The van der Waals surface area contributed by atoms with E-state index in [1.54, 1.807) is 19.1 Å². The first-order chi connectivity index (χ1) is 20.0. The summed E-state index contributed by atoms with van der Waals surface area (Å²) in [5, 5.41) is 34.2. The normalized spacial score (nSPS) is 48.4. The minimum Gasteiger partial charge on any atom is -0.393 e. The number of fused-ring (bicyclic) bond motifs is 3. The second-order valence-corrected chi connectivity index (χ2v) is 13.7. The van der Waals surface area contributed by atoms with Crippen LogP contribution in [0.1, 0.15) is 85.5 Å². The van der Waals surface area contributed by atoms with Crippen molar-refractivity contribution in [1.82, 2.24) is 0 Å². The number of rotatable bonds is 12. The zero-order valence-corrected chi connectivity index (χ0v) is 25.5. The van der Waals surface area contributed by atoms with Crippen LogP contribution < -0.4 is 0 Å². The maximum Gasteiger partial charge on any atom is 0.306 e. The first-order valence-electron chi connectivity index (χ1n) is 16.0. The summed E-state index contributed by atoms with van der Waals surface area (Å²) in [6.45, 7) is 11.6. The lowest BCUT2D eigenvalue weighted by Gasteiger charge is -2.59. The first-order valence-corrected chi connectivity index (χ1v) is 16.0. The molecule has 42 heavy (non-hydrogen) atoms. The van der Waals surface area contributed by atoms with E-state index in [1.807, 2.05) is 26.0 Å². The maximum atomic E-state index is 13.5. The zero-order valence-electron chi connectivity index (χ0n) is 25.5. The van der Waals surface area contributed by atoms with E-state index in [0.29, 0.717) is 12.0 Å². The van der Waals surface area contributed by atoms with Crippen molar-refractivity contribution in [3.05, 3.63) is 48.1 Å². The molecule has 3 heterocycles. The number of Topliss-reactive ketones (excluding diaryl/α,β-unsaturated/α-hetero) is 1. The van der Waals surface area contributed by atoms with Crippen LogP contribution in [0.3, 0.4) is 0 Å². The van der Waals surface area contributed by atoms with Crippen LogP contribution in [0.2, 0.25) is 0 Å². The highest BCUT2D eigenvalue weighted by Gasteiger charge is 2.88. The van der Waals surface area contributed by atoms with Crippen molar-refractivity contribution in [3.63, 3.8) is 0 Å². The van der Waals surface area contributed by atoms with Crippen molar-refractivity contribution in [1.29, 1.82) is 0 Å². The predicted molar refractivity (Wildman–Crippen MR) is 156 cm³/mol. The van der Waals surface area contributed by atoms with Crippen molar-refractivity contribution < 1.29 is 39.1 Å². The van der Waals surface area contributed by atoms with Gasteiger partial charge in [-0.1, -0.05) is 83.3 Å². The zero-order chi connectivity index (χ0) is 30.1. The molecular weight excluding hydrogens is 536 g/mol. The van der Waals surface area contributed by atoms with E-state index >= 15 is 0 Å². The molecule has 0 aromatic rings. The molecule has 3 N–H and O–H groups in total. The Morgan fingerprint density at radius 3 is 2.50 bits per heavy atom. The Labute approximate surface area is 249 Å². The second-order valence-electron chi connectivity index (χ2n) is 13.7. The molecule has 0 radical (unpaired) electrons. The average molecular weight is 585 g/mol. The topological polar surface area (TPSA) is 118 Å². The van der Waals surface area contributed by atoms with Crippen molar-refractivity contribution in [3.8, 4) is 0 Å². The Morgan fingerprint density at radius 2 is 1.81 bits per heavy atom. The fourth-order valence-electron chi connectivity index (χ4n) is 8.98. The van der Waals surface area contributed by atoms with Gasteiger partial charge in [0.1, 0.15) is 29.5 Å². The van der Waals surface area contributed by atoms with Crippen molar-refractivity contribution in [2.45, 2.75) is 132 Å². The fraction of sp³-hybridized carbons (Fsp3) is 0.735. The van der Waals surface area contributed by atoms with Gasteiger partial charge in [0.15, 0.2) is 11.4 Å². The van der Waals surface area contributed by atoms with Crippen LogP contribution in [-0.2, 0) is 23.7 Å². The van der Waals surface area contributed by atoms with E-state index in [0.717, 1.165) is 18.4 Å². The third-order valence-electron chi connectivity index (χ3n) is 11.2. The van der Waals surface area contributed by atoms with Gasteiger partial charge in [-0.3, -0.25) is 4.79 Å².